The lowest BCUT2D eigenvalue weighted by molar-refractivity contribution is -0.385. The normalized spacial score (nSPS) is 12.1. The number of carboxylic acid groups (broad SMARTS) is 1. The van der Waals surface area contributed by atoms with Gasteiger partial charge in [-0.2, -0.15) is 5.10 Å². The lowest BCUT2D eigenvalue weighted by Gasteiger charge is -2.16. The minimum atomic E-state index is -1.08. The van der Waals surface area contributed by atoms with Gasteiger partial charge in [0.25, 0.3) is 0 Å². The molecule has 0 saturated heterocycles. The molecule has 0 saturated carbocycles. The number of rotatable bonds is 8. The largest absolute Gasteiger partial charge is 0.480 e. The van der Waals surface area contributed by atoms with Crippen LogP contribution in [0.3, 0.4) is 0 Å². The van der Waals surface area contributed by atoms with Crippen LogP contribution in [0.2, 0.25) is 0 Å². The number of aromatic nitrogens is 2. The summed E-state index contributed by atoms with van der Waals surface area (Å²) in [6, 6.07) is -0.926. The Morgan fingerprint density at radius 1 is 1.52 bits per heavy atom. The van der Waals surface area contributed by atoms with Crippen LogP contribution in [0.25, 0.3) is 0 Å². The molecule has 0 unspecified atom stereocenters. The monoisotopic (exact) mass is 298 g/mol. The van der Waals surface area contributed by atoms with Crippen molar-refractivity contribution in [2.24, 2.45) is 5.92 Å². The van der Waals surface area contributed by atoms with E-state index in [4.69, 9.17) is 5.11 Å². The molecule has 1 aromatic rings. The number of nitrogens with one attached hydrogen (secondary N) is 1. The van der Waals surface area contributed by atoms with Gasteiger partial charge in [0.05, 0.1) is 4.92 Å². The molecule has 0 aromatic carbocycles. The van der Waals surface area contributed by atoms with Gasteiger partial charge in [-0.25, -0.2) is 4.79 Å². The number of hydrogen-bond acceptors (Lipinski definition) is 5. The number of carbonyl (C=O) groups excluding carboxylic acids is 1. The highest BCUT2D eigenvalue weighted by Gasteiger charge is 2.21. The fourth-order valence-corrected chi connectivity index (χ4v) is 1.74. The van der Waals surface area contributed by atoms with E-state index in [1.807, 2.05) is 13.8 Å². The average molecular weight is 298 g/mol. The third-order valence-corrected chi connectivity index (χ3v) is 2.74. The van der Waals surface area contributed by atoms with Crippen LogP contribution in [0.5, 0.6) is 0 Å². The molecule has 9 heteroatoms. The van der Waals surface area contributed by atoms with Crippen molar-refractivity contribution in [2.45, 2.75) is 39.3 Å². The summed E-state index contributed by atoms with van der Waals surface area (Å²) in [5, 5.41) is 25.7. The highest BCUT2D eigenvalue weighted by atomic mass is 16.6. The number of carbonyl (C=O) groups is 2. The second kappa shape index (κ2) is 7.36. The Morgan fingerprint density at radius 2 is 2.19 bits per heavy atom. The van der Waals surface area contributed by atoms with E-state index in [2.05, 4.69) is 10.4 Å². The molecule has 0 bridgehead atoms. The maximum atomic E-state index is 11.7. The van der Waals surface area contributed by atoms with Crippen LogP contribution in [-0.4, -0.2) is 37.7 Å². The molecule has 2 N–H and O–H groups in total. The zero-order valence-electron chi connectivity index (χ0n) is 11.9. The molecule has 116 valence electrons. The SMILES string of the molecule is CC(C)C[C@H](NC(=O)CCn1cc([N+](=O)[O-])cn1)C(=O)O. The van der Waals surface area contributed by atoms with Gasteiger partial charge >= 0.3 is 11.7 Å². The van der Waals surface area contributed by atoms with E-state index in [1.165, 1.54) is 10.9 Å². The van der Waals surface area contributed by atoms with E-state index in [1.54, 1.807) is 0 Å². The number of nitro groups is 1. The average Bonchev–Trinajstić information content (AvgIpc) is 2.83. The van der Waals surface area contributed by atoms with Gasteiger partial charge < -0.3 is 10.4 Å². The van der Waals surface area contributed by atoms with Crippen LogP contribution < -0.4 is 5.32 Å². The van der Waals surface area contributed by atoms with E-state index in [0.29, 0.717) is 6.42 Å². The van der Waals surface area contributed by atoms with Gasteiger partial charge in [-0.15, -0.1) is 0 Å². The Bertz CT molecular complexity index is 525. The number of hydrogen-bond donors (Lipinski definition) is 2. The molecule has 21 heavy (non-hydrogen) atoms. The molecule has 1 amide bonds. The van der Waals surface area contributed by atoms with Crippen molar-refractivity contribution in [1.29, 1.82) is 0 Å². The second-order valence-corrected chi connectivity index (χ2v) is 5.06. The molecular formula is C12H18N4O5. The van der Waals surface area contributed by atoms with E-state index in [0.717, 1.165) is 6.20 Å². The first-order valence-electron chi connectivity index (χ1n) is 6.48. The highest BCUT2D eigenvalue weighted by Crippen LogP contribution is 2.08. The molecule has 0 aliphatic rings. The third kappa shape index (κ3) is 5.59. The third-order valence-electron chi connectivity index (χ3n) is 2.74. The first-order chi connectivity index (χ1) is 9.79. The van der Waals surface area contributed by atoms with Crippen molar-refractivity contribution < 1.29 is 19.6 Å². The van der Waals surface area contributed by atoms with Gasteiger partial charge in [0.1, 0.15) is 18.4 Å². The Morgan fingerprint density at radius 3 is 2.67 bits per heavy atom. The van der Waals surface area contributed by atoms with Gasteiger partial charge in [-0.05, 0) is 12.3 Å². The lowest BCUT2D eigenvalue weighted by Crippen LogP contribution is -2.41. The minimum Gasteiger partial charge on any atom is -0.480 e. The zero-order chi connectivity index (χ0) is 16.0. The van der Waals surface area contributed by atoms with Crippen molar-refractivity contribution in [3.8, 4) is 0 Å². The summed E-state index contributed by atoms with van der Waals surface area (Å²) in [4.78, 5) is 32.6. The number of nitrogens with zero attached hydrogens (tertiary/aromatic N) is 3. The summed E-state index contributed by atoms with van der Waals surface area (Å²) in [6.45, 7) is 3.88. The summed E-state index contributed by atoms with van der Waals surface area (Å²) in [6.07, 6.45) is 2.65. The summed E-state index contributed by atoms with van der Waals surface area (Å²) in [7, 11) is 0. The lowest BCUT2D eigenvalue weighted by atomic mass is 10.0. The smallest absolute Gasteiger partial charge is 0.326 e. The number of amides is 1. The number of carboxylic acids is 1. The van der Waals surface area contributed by atoms with Crippen LogP contribution in [-0.2, 0) is 16.1 Å². The molecule has 0 fully saturated rings. The van der Waals surface area contributed by atoms with E-state index in [9.17, 15) is 19.7 Å². The number of aliphatic carboxylic acids is 1. The maximum absolute atomic E-state index is 11.7. The van der Waals surface area contributed by atoms with Crippen LogP contribution >= 0.6 is 0 Å². The first kappa shape index (κ1) is 16.6. The van der Waals surface area contributed by atoms with Gasteiger partial charge in [0.15, 0.2) is 0 Å². The number of aryl methyl sites for hydroxylation is 1. The van der Waals surface area contributed by atoms with Crippen LogP contribution in [0, 0.1) is 16.0 Å². The fraction of sp³-hybridized carbons (Fsp3) is 0.583. The maximum Gasteiger partial charge on any atom is 0.326 e. The molecule has 1 heterocycles. The van der Waals surface area contributed by atoms with E-state index in [-0.39, 0.29) is 24.6 Å². The molecule has 0 aliphatic carbocycles. The molecule has 1 aromatic heterocycles. The Balaban J connectivity index is 2.48. The first-order valence-corrected chi connectivity index (χ1v) is 6.48. The van der Waals surface area contributed by atoms with Crippen molar-refractivity contribution in [2.75, 3.05) is 0 Å². The Hall–Kier alpha value is -2.45. The molecule has 1 rings (SSSR count). The highest BCUT2D eigenvalue weighted by molar-refractivity contribution is 5.83. The van der Waals surface area contributed by atoms with Crippen molar-refractivity contribution in [1.82, 2.24) is 15.1 Å². The summed E-state index contributed by atoms with van der Waals surface area (Å²) < 4.78 is 1.27. The van der Waals surface area contributed by atoms with Gasteiger partial charge in [0, 0.05) is 13.0 Å². The molecule has 1 atom stereocenters. The molecule has 0 spiro atoms. The van der Waals surface area contributed by atoms with Crippen molar-refractivity contribution in [3.63, 3.8) is 0 Å². The topological polar surface area (TPSA) is 127 Å². The van der Waals surface area contributed by atoms with E-state index < -0.39 is 22.8 Å². The standard InChI is InChI=1S/C12H18N4O5/c1-8(2)5-10(12(18)19)14-11(17)3-4-15-7-9(6-13-15)16(20)21/h6-8,10H,3-5H2,1-2H3,(H,14,17)(H,18,19)/t10-/m0/s1. The predicted molar refractivity (Wildman–Crippen MR) is 72.5 cm³/mol. The van der Waals surface area contributed by atoms with Gasteiger partial charge in [0.2, 0.25) is 5.91 Å². The van der Waals surface area contributed by atoms with Gasteiger partial charge in [-0.1, -0.05) is 13.8 Å². The Labute approximate surface area is 121 Å². The van der Waals surface area contributed by atoms with Gasteiger partial charge in [-0.3, -0.25) is 19.6 Å². The predicted octanol–water partition coefficient (Wildman–Crippen LogP) is 0.797. The van der Waals surface area contributed by atoms with Crippen molar-refractivity contribution >= 4 is 17.6 Å². The summed E-state index contributed by atoms with van der Waals surface area (Å²) in [5.41, 5.74) is -0.154. The van der Waals surface area contributed by atoms with Crippen LogP contribution in [0.4, 0.5) is 5.69 Å². The second-order valence-electron chi connectivity index (χ2n) is 5.06. The fourth-order valence-electron chi connectivity index (χ4n) is 1.74. The van der Waals surface area contributed by atoms with Crippen molar-refractivity contribution in [3.05, 3.63) is 22.5 Å². The Kier molecular flexibility index (Phi) is 5.82. The summed E-state index contributed by atoms with van der Waals surface area (Å²) >= 11 is 0. The van der Waals surface area contributed by atoms with E-state index >= 15 is 0 Å². The quantitative estimate of drug-likeness (QED) is 0.539. The summed E-state index contributed by atoms with van der Waals surface area (Å²) in [5.74, 6) is -1.37. The zero-order valence-corrected chi connectivity index (χ0v) is 11.9. The molecule has 9 nitrogen and oxygen atoms in total. The molecular weight excluding hydrogens is 280 g/mol. The molecule has 0 aliphatic heterocycles. The molecule has 0 radical (unpaired) electrons. The minimum absolute atomic E-state index is 0.000704. The van der Waals surface area contributed by atoms with Crippen LogP contribution in [0.1, 0.15) is 26.7 Å². The van der Waals surface area contributed by atoms with Crippen LogP contribution in [0.15, 0.2) is 12.4 Å².